The Hall–Kier alpha value is -1.21. The smallest absolute Gasteiger partial charge is 0.311 e. The maximum atomic E-state index is 12.0. The third-order valence-corrected chi connectivity index (χ3v) is 6.23. The molecule has 6 nitrogen and oxygen atoms in total. The third kappa shape index (κ3) is 2.23. The van der Waals surface area contributed by atoms with E-state index in [9.17, 15) is 10.0 Å². The largest absolute Gasteiger partial charge is 0.344 e. The molecule has 3 aliphatic rings. The van der Waals surface area contributed by atoms with Gasteiger partial charge in [-0.25, -0.2) is 9.86 Å². The standard InChI is InChI=1S/C14H20N4O2S/c19-14-17-8-10(18(14)20)6-7-11(17)13-16-15-12(21-13)9-4-2-1-3-5-9/h9-11,20H,1-8H2/t10-,11+/m1/s1. The minimum absolute atomic E-state index is 0.000686. The number of carbonyl (C=O) groups excluding carboxylic acids is 1. The molecule has 1 saturated carbocycles. The van der Waals surface area contributed by atoms with Crippen LogP contribution in [0.4, 0.5) is 4.79 Å². The van der Waals surface area contributed by atoms with E-state index in [1.165, 1.54) is 32.1 Å². The molecule has 114 valence electrons. The van der Waals surface area contributed by atoms with Crippen LogP contribution in [0.5, 0.6) is 0 Å². The molecule has 0 aromatic carbocycles. The number of carbonyl (C=O) groups is 1. The van der Waals surface area contributed by atoms with Gasteiger partial charge in [0.1, 0.15) is 10.0 Å². The highest BCUT2D eigenvalue weighted by Gasteiger charge is 2.45. The van der Waals surface area contributed by atoms with E-state index in [0.717, 1.165) is 27.9 Å². The highest BCUT2D eigenvalue weighted by atomic mass is 32.1. The number of hydroxylamine groups is 2. The van der Waals surface area contributed by atoms with Gasteiger partial charge in [0.2, 0.25) is 0 Å². The van der Waals surface area contributed by atoms with Crippen molar-refractivity contribution in [1.82, 2.24) is 20.2 Å². The maximum absolute atomic E-state index is 12.0. The lowest BCUT2D eigenvalue weighted by Gasteiger charge is -2.28. The molecule has 21 heavy (non-hydrogen) atoms. The number of urea groups is 1. The molecule has 3 heterocycles. The van der Waals surface area contributed by atoms with Crippen LogP contribution < -0.4 is 0 Å². The lowest BCUT2D eigenvalue weighted by molar-refractivity contribution is -0.0584. The second-order valence-electron chi connectivity index (χ2n) is 6.34. The van der Waals surface area contributed by atoms with Gasteiger partial charge < -0.3 is 4.90 Å². The molecule has 3 fully saturated rings. The van der Waals surface area contributed by atoms with Crippen LogP contribution in [0.25, 0.3) is 0 Å². The zero-order valence-corrected chi connectivity index (χ0v) is 12.8. The molecular weight excluding hydrogens is 288 g/mol. The fourth-order valence-corrected chi connectivity index (χ4v) is 4.96. The number of hydrogen-bond donors (Lipinski definition) is 1. The van der Waals surface area contributed by atoms with Crippen LogP contribution in [-0.2, 0) is 0 Å². The Bertz CT molecular complexity index is 543. The van der Waals surface area contributed by atoms with Crippen molar-refractivity contribution in [1.29, 1.82) is 0 Å². The van der Waals surface area contributed by atoms with Crippen LogP contribution >= 0.6 is 11.3 Å². The second kappa shape index (κ2) is 5.21. The molecule has 2 atom stereocenters. The van der Waals surface area contributed by atoms with Crippen molar-refractivity contribution in [2.24, 2.45) is 0 Å². The summed E-state index contributed by atoms with van der Waals surface area (Å²) < 4.78 is 0. The average molecular weight is 308 g/mol. The summed E-state index contributed by atoms with van der Waals surface area (Å²) in [5.74, 6) is 0.560. The van der Waals surface area contributed by atoms with E-state index in [1.54, 1.807) is 16.2 Å². The first-order valence-electron chi connectivity index (χ1n) is 7.86. The van der Waals surface area contributed by atoms with Crippen LogP contribution in [-0.4, -0.2) is 44.0 Å². The summed E-state index contributed by atoms with van der Waals surface area (Å²) in [6, 6.07) is -0.322. The normalized spacial score (nSPS) is 30.2. The SMILES string of the molecule is O=C1N(O)[C@@H]2CC[C@@H](c3nnc(C4CCCCC4)s3)N1C2. The molecule has 2 bridgehead atoms. The Morgan fingerprint density at radius 3 is 2.62 bits per heavy atom. The first-order valence-corrected chi connectivity index (χ1v) is 8.67. The number of aromatic nitrogens is 2. The quantitative estimate of drug-likeness (QED) is 0.853. The molecular formula is C14H20N4O2S. The highest BCUT2D eigenvalue weighted by molar-refractivity contribution is 7.11. The van der Waals surface area contributed by atoms with Gasteiger partial charge in [-0.1, -0.05) is 30.6 Å². The van der Waals surface area contributed by atoms with E-state index in [-0.39, 0.29) is 18.1 Å². The highest BCUT2D eigenvalue weighted by Crippen LogP contribution is 2.41. The van der Waals surface area contributed by atoms with Crippen molar-refractivity contribution in [3.63, 3.8) is 0 Å². The second-order valence-corrected chi connectivity index (χ2v) is 7.38. The van der Waals surface area contributed by atoms with Crippen LogP contribution in [0.3, 0.4) is 0 Å². The van der Waals surface area contributed by atoms with Crippen molar-refractivity contribution >= 4 is 17.4 Å². The molecule has 7 heteroatoms. The van der Waals surface area contributed by atoms with Gasteiger partial charge in [-0.2, -0.15) is 0 Å². The molecule has 0 radical (unpaired) electrons. The maximum Gasteiger partial charge on any atom is 0.344 e. The predicted molar refractivity (Wildman–Crippen MR) is 77.2 cm³/mol. The predicted octanol–water partition coefficient (Wildman–Crippen LogP) is 2.92. The fraction of sp³-hybridized carbons (Fsp3) is 0.786. The summed E-state index contributed by atoms with van der Waals surface area (Å²) in [6.07, 6.45) is 8.04. The number of piperidine rings is 1. The molecule has 1 aromatic heterocycles. The number of nitrogens with zero attached hydrogens (tertiary/aromatic N) is 4. The van der Waals surface area contributed by atoms with Gasteiger partial charge in [0.15, 0.2) is 0 Å². The van der Waals surface area contributed by atoms with Gasteiger partial charge in [-0.15, -0.1) is 10.2 Å². The Morgan fingerprint density at radius 2 is 1.81 bits per heavy atom. The first-order chi connectivity index (χ1) is 10.2. The lowest BCUT2D eigenvalue weighted by Crippen LogP contribution is -2.33. The lowest BCUT2D eigenvalue weighted by atomic mass is 9.90. The van der Waals surface area contributed by atoms with E-state index in [4.69, 9.17) is 0 Å². The Balaban J connectivity index is 1.54. The van der Waals surface area contributed by atoms with Gasteiger partial charge in [0, 0.05) is 12.5 Å². The average Bonchev–Trinajstić information content (AvgIpc) is 3.10. The van der Waals surface area contributed by atoms with E-state index in [0.29, 0.717) is 12.5 Å². The molecule has 2 aliphatic heterocycles. The van der Waals surface area contributed by atoms with Crippen LogP contribution in [0.2, 0.25) is 0 Å². The first kappa shape index (κ1) is 13.5. The van der Waals surface area contributed by atoms with Crippen LogP contribution in [0.1, 0.15) is 66.9 Å². The topological polar surface area (TPSA) is 69.6 Å². The summed E-state index contributed by atoms with van der Waals surface area (Å²) in [7, 11) is 0. The van der Waals surface area contributed by atoms with Crippen molar-refractivity contribution in [2.75, 3.05) is 6.54 Å². The number of amides is 2. The number of hydrogen-bond acceptors (Lipinski definition) is 5. The van der Waals surface area contributed by atoms with E-state index >= 15 is 0 Å². The molecule has 0 spiro atoms. The number of rotatable bonds is 2. The van der Waals surface area contributed by atoms with Crippen molar-refractivity contribution < 1.29 is 10.0 Å². The van der Waals surface area contributed by atoms with Crippen LogP contribution in [0, 0.1) is 0 Å². The zero-order valence-electron chi connectivity index (χ0n) is 11.9. The van der Waals surface area contributed by atoms with Crippen molar-refractivity contribution in [3.8, 4) is 0 Å². The summed E-state index contributed by atoms with van der Waals surface area (Å²) >= 11 is 1.67. The molecule has 4 rings (SSSR count). The summed E-state index contributed by atoms with van der Waals surface area (Å²) in [5.41, 5.74) is 0. The Morgan fingerprint density at radius 1 is 1.05 bits per heavy atom. The minimum Gasteiger partial charge on any atom is -0.311 e. The summed E-state index contributed by atoms with van der Waals surface area (Å²) in [6.45, 7) is 0.609. The molecule has 1 aliphatic carbocycles. The third-order valence-electron chi connectivity index (χ3n) is 5.04. The zero-order chi connectivity index (χ0) is 14.4. The van der Waals surface area contributed by atoms with Gasteiger partial charge in [0.05, 0.1) is 12.1 Å². The molecule has 2 saturated heterocycles. The fourth-order valence-electron chi connectivity index (χ4n) is 3.80. The van der Waals surface area contributed by atoms with E-state index < -0.39 is 0 Å². The van der Waals surface area contributed by atoms with E-state index in [1.807, 2.05) is 0 Å². The van der Waals surface area contributed by atoms with Gasteiger partial charge in [0.25, 0.3) is 0 Å². The van der Waals surface area contributed by atoms with Crippen molar-refractivity contribution in [3.05, 3.63) is 10.0 Å². The molecule has 1 aromatic rings. The summed E-state index contributed by atoms with van der Waals surface area (Å²) in [5, 5.41) is 21.5. The Kier molecular flexibility index (Phi) is 3.34. The molecule has 2 amide bonds. The molecule has 0 unspecified atom stereocenters. The minimum atomic E-state index is -0.281. The Labute approximate surface area is 127 Å². The number of fused-ring (bicyclic) bond motifs is 2. The van der Waals surface area contributed by atoms with Gasteiger partial charge >= 0.3 is 6.03 Å². The van der Waals surface area contributed by atoms with Crippen molar-refractivity contribution in [2.45, 2.75) is 62.9 Å². The summed E-state index contributed by atoms with van der Waals surface area (Å²) in [4.78, 5) is 13.8. The van der Waals surface area contributed by atoms with E-state index in [2.05, 4.69) is 10.2 Å². The molecule has 1 N–H and O–H groups in total. The van der Waals surface area contributed by atoms with Gasteiger partial charge in [-0.05, 0) is 25.7 Å². The van der Waals surface area contributed by atoms with Crippen LogP contribution in [0.15, 0.2) is 0 Å². The monoisotopic (exact) mass is 308 g/mol. The van der Waals surface area contributed by atoms with Gasteiger partial charge in [-0.3, -0.25) is 5.21 Å².